The molecule has 0 aliphatic carbocycles. The summed E-state index contributed by atoms with van der Waals surface area (Å²) >= 11 is 0. The van der Waals surface area contributed by atoms with Gasteiger partial charge in [0.2, 0.25) is 21.8 Å². The van der Waals surface area contributed by atoms with Crippen LogP contribution >= 0.6 is 0 Å². The Balaban J connectivity index is 1.90. The largest absolute Gasteiger partial charge is 0.416 e. The van der Waals surface area contributed by atoms with E-state index >= 15 is 0 Å². The van der Waals surface area contributed by atoms with Gasteiger partial charge >= 0.3 is 0 Å². The van der Waals surface area contributed by atoms with Crippen LogP contribution in [0.1, 0.15) is 18.9 Å². The quantitative estimate of drug-likeness (QED) is 0.731. The average molecular weight is 357 g/mol. The van der Waals surface area contributed by atoms with Gasteiger partial charge in [0.05, 0.1) is 4.90 Å². The normalized spacial score (nSPS) is 11.6. The molecular weight excluding hydrogens is 338 g/mol. The van der Waals surface area contributed by atoms with E-state index in [1.165, 1.54) is 6.07 Å². The van der Waals surface area contributed by atoms with Gasteiger partial charge < -0.3 is 4.42 Å². The Labute approximate surface area is 147 Å². The van der Waals surface area contributed by atoms with Gasteiger partial charge in [-0.15, -0.1) is 10.2 Å². The van der Waals surface area contributed by atoms with Crippen molar-refractivity contribution in [1.82, 2.24) is 14.9 Å². The van der Waals surface area contributed by atoms with E-state index in [0.717, 1.165) is 17.5 Å². The highest BCUT2D eigenvalue weighted by molar-refractivity contribution is 7.89. The summed E-state index contributed by atoms with van der Waals surface area (Å²) in [4.78, 5) is 0.175. The van der Waals surface area contributed by atoms with E-state index in [0.29, 0.717) is 18.0 Å². The van der Waals surface area contributed by atoms with Crippen molar-refractivity contribution < 1.29 is 12.8 Å². The third-order valence-electron chi connectivity index (χ3n) is 3.66. The predicted octanol–water partition coefficient (Wildman–Crippen LogP) is 3.40. The first-order chi connectivity index (χ1) is 12.0. The van der Waals surface area contributed by atoms with Crippen molar-refractivity contribution in [3.8, 4) is 22.9 Å². The number of aromatic nitrogens is 2. The highest BCUT2D eigenvalue weighted by atomic mass is 32.2. The summed E-state index contributed by atoms with van der Waals surface area (Å²) in [6, 6.07) is 14.2. The number of hydrogen-bond acceptors (Lipinski definition) is 5. The number of nitrogens with zero attached hydrogens (tertiary/aromatic N) is 2. The van der Waals surface area contributed by atoms with E-state index in [1.807, 2.05) is 38.1 Å². The molecule has 0 radical (unpaired) electrons. The van der Waals surface area contributed by atoms with Gasteiger partial charge in [-0.25, -0.2) is 13.1 Å². The zero-order chi connectivity index (χ0) is 17.9. The third-order valence-corrected chi connectivity index (χ3v) is 5.12. The molecule has 0 aliphatic rings. The monoisotopic (exact) mass is 357 g/mol. The van der Waals surface area contributed by atoms with E-state index in [2.05, 4.69) is 14.9 Å². The maximum absolute atomic E-state index is 12.3. The van der Waals surface area contributed by atoms with Crippen LogP contribution in [0.4, 0.5) is 0 Å². The molecular formula is C18H19N3O3S. The second-order valence-corrected chi connectivity index (χ2v) is 7.47. The zero-order valence-corrected chi connectivity index (χ0v) is 14.9. The molecule has 0 unspecified atom stereocenters. The minimum atomic E-state index is -3.54. The number of rotatable bonds is 6. The molecule has 1 heterocycles. The minimum Gasteiger partial charge on any atom is -0.416 e. The highest BCUT2D eigenvalue weighted by Crippen LogP contribution is 2.25. The number of benzene rings is 2. The molecule has 25 heavy (non-hydrogen) atoms. The first-order valence-electron chi connectivity index (χ1n) is 8.00. The first kappa shape index (κ1) is 17.3. The van der Waals surface area contributed by atoms with Gasteiger partial charge in [0, 0.05) is 17.7 Å². The molecule has 1 N–H and O–H groups in total. The van der Waals surface area contributed by atoms with Gasteiger partial charge in [0.25, 0.3) is 0 Å². The molecule has 1 aromatic heterocycles. The SMILES string of the molecule is CCCNS(=O)(=O)c1cccc(-c2nnc(-c3ccc(C)cc3)o2)c1. The van der Waals surface area contributed by atoms with Crippen LogP contribution in [0.2, 0.25) is 0 Å². The van der Waals surface area contributed by atoms with Crippen LogP contribution in [-0.4, -0.2) is 25.2 Å². The number of hydrogen-bond donors (Lipinski definition) is 1. The van der Waals surface area contributed by atoms with E-state index in [4.69, 9.17) is 4.42 Å². The second kappa shape index (κ2) is 7.16. The lowest BCUT2D eigenvalue weighted by molar-refractivity contribution is 0.580. The Morgan fingerprint density at radius 3 is 2.36 bits per heavy atom. The van der Waals surface area contributed by atoms with E-state index < -0.39 is 10.0 Å². The lowest BCUT2D eigenvalue weighted by Crippen LogP contribution is -2.24. The van der Waals surface area contributed by atoms with Gasteiger partial charge in [-0.05, 0) is 43.7 Å². The third kappa shape index (κ3) is 3.94. The molecule has 3 aromatic rings. The molecule has 6 nitrogen and oxygen atoms in total. The van der Waals surface area contributed by atoms with Crippen molar-refractivity contribution in [1.29, 1.82) is 0 Å². The molecule has 0 amide bonds. The second-order valence-electron chi connectivity index (χ2n) is 5.70. The topological polar surface area (TPSA) is 85.1 Å². The Hall–Kier alpha value is -2.51. The predicted molar refractivity (Wildman–Crippen MR) is 95.4 cm³/mol. The number of aryl methyl sites for hydroxylation is 1. The fourth-order valence-electron chi connectivity index (χ4n) is 2.27. The molecule has 0 fully saturated rings. The Kier molecular flexibility index (Phi) is 4.96. The van der Waals surface area contributed by atoms with Crippen molar-refractivity contribution in [2.45, 2.75) is 25.2 Å². The summed E-state index contributed by atoms with van der Waals surface area (Å²) in [6.07, 6.45) is 0.725. The first-order valence-corrected chi connectivity index (χ1v) is 9.48. The van der Waals surface area contributed by atoms with Gasteiger partial charge in [0.15, 0.2) is 0 Å². The lowest BCUT2D eigenvalue weighted by Gasteiger charge is -2.06. The highest BCUT2D eigenvalue weighted by Gasteiger charge is 2.16. The molecule has 130 valence electrons. The van der Waals surface area contributed by atoms with Gasteiger partial charge in [-0.1, -0.05) is 30.7 Å². The Morgan fingerprint density at radius 1 is 1.00 bits per heavy atom. The van der Waals surface area contributed by atoms with Crippen LogP contribution in [0, 0.1) is 6.92 Å². The van der Waals surface area contributed by atoms with Crippen molar-refractivity contribution in [3.63, 3.8) is 0 Å². The smallest absolute Gasteiger partial charge is 0.248 e. The summed E-state index contributed by atoms with van der Waals surface area (Å²) < 4.78 is 32.8. The molecule has 0 bridgehead atoms. The van der Waals surface area contributed by atoms with Crippen molar-refractivity contribution in [3.05, 3.63) is 54.1 Å². The molecule has 0 saturated carbocycles. The van der Waals surface area contributed by atoms with Crippen LogP contribution in [-0.2, 0) is 10.0 Å². The zero-order valence-electron chi connectivity index (χ0n) is 14.1. The summed E-state index contributed by atoms with van der Waals surface area (Å²) in [6.45, 7) is 4.30. The minimum absolute atomic E-state index is 0.175. The fraction of sp³-hybridized carbons (Fsp3) is 0.222. The van der Waals surface area contributed by atoms with Gasteiger partial charge in [-0.3, -0.25) is 0 Å². The number of sulfonamides is 1. The summed E-state index contributed by atoms with van der Waals surface area (Å²) in [5.41, 5.74) is 2.52. The van der Waals surface area contributed by atoms with E-state index in [9.17, 15) is 8.42 Å². The van der Waals surface area contributed by atoms with Crippen molar-refractivity contribution in [2.24, 2.45) is 0 Å². The molecule has 0 spiro atoms. The fourth-order valence-corrected chi connectivity index (χ4v) is 3.45. The van der Waals surface area contributed by atoms with Crippen molar-refractivity contribution in [2.75, 3.05) is 6.54 Å². The van der Waals surface area contributed by atoms with Crippen molar-refractivity contribution >= 4 is 10.0 Å². The molecule has 0 saturated heterocycles. The number of nitrogens with one attached hydrogen (secondary N) is 1. The standard InChI is InChI=1S/C18H19N3O3S/c1-3-11-19-25(22,23)16-6-4-5-15(12-16)18-21-20-17(24-18)14-9-7-13(2)8-10-14/h4-10,12,19H,3,11H2,1-2H3. The molecule has 2 aromatic carbocycles. The van der Waals surface area contributed by atoms with Crippen LogP contribution in [0.5, 0.6) is 0 Å². The molecule has 3 rings (SSSR count). The van der Waals surface area contributed by atoms with Crippen LogP contribution < -0.4 is 4.72 Å². The summed E-state index contributed by atoms with van der Waals surface area (Å²) in [7, 11) is -3.54. The maximum atomic E-state index is 12.3. The van der Waals surface area contributed by atoms with Crippen LogP contribution in [0.15, 0.2) is 57.8 Å². The maximum Gasteiger partial charge on any atom is 0.248 e. The molecule has 0 atom stereocenters. The summed E-state index contributed by atoms with van der Waals surface area (Å²) in [5.74, 6) is 0.676. The summed E-state index contributed by atoms with van der Waals surface area (Å²) in [5, 5.41) is 8.09. The van der Waals surface area contributed by atoms with Crippen LogP contribution in [0.25, 0.3) is 22.9 Å². The molecule has 0 aliphatic heterocycles. The van der Waals surface area contributed by atoms with E-state index in [-0.39, 0.29) is 10.8 Å². The van der Waals surface area contributed by atoms with Gasteiger partial charge in [-0.2, -0.15) is 0 Å². The van der Waals surface area contributed by atoms with Crippen LogP contribution in [0.3, 0.4) is 0 Å². The Bertz CT molecular complexity index is 963. The average Bonchev–Trinajstić information content (AvgIpc) is 3.11. The lowest BCUT2D eigenvalue weighted by atomic mass is 10.1. The Morgan fingerprint density at radius 2 is 1.68 bits per heavy atom. The van der Waals surface area contributed by atoms with E-state index in [1.54, 1.807) is 18.2 Å². The molecule has 7 heteroatoms. The van der Waals surface area contributed by atoms with Gasteiger partial charge in [0.1, 0.15) is 0 Å².